The number of carboxylic acids is 1. The number of phenols is 2. The van der Waals surface area contributed by atoms with E-state index in [-0.39, 0.29) is 17.5 Å². The molecule has 6 nitrogen and oxygen atoms in total. The van der Waals surface area contributed by atoms with Crippen LogP contribution in [0.2, 0.25) is 0 Å². The van der Waals surface area contributed by atoms with Crippen molar-refractivity contribution in [2.45, 2.75) is 18.6 Å². The van der Waals surface area contributed by atoms with Crippen LogP contribution in [0.1, 0.15) is 22.7 Å². The number of hydrogen-bond acceptors (Lipinski definition) is 5. The second-order valence-electron chi connectivity index (χ2n) is 5.26. The summed E-state index contributed by atoms with van der Waals surface area (Å²) in [7, 11) is 0. The fraction of sp³-hybridized carbons (Fsp3) is 0.250. The lowest BCUT2D eigenvalue weighted by atomic mass is 9.90. The monoisotopic (exact) mass is 356 g/mol. The zero-order chi connectivity index (χ0) is 18.6. The predicted octanol–water partition coefficient (Wildman–Crippen LogP) is 2.36. The third kappa shape index (κ3) is 4.60. The van der Waals surface area contributed by atoms with E-state index in [1.165, 1.54) is 0 Å². The summed E-state index contributed by atoms with van der Waals surface area (Å²) in [6.45, 7) is 0.851. The van der Waals surface area contributed by atoms with Crippen molar-refractivity contribution in [2.75, 3.05) is 6.54 Å². The van der Waals surface area contributed by atoms with Gasteiger partial charge in [0.05, 0.1) is 6.04 Å². The van der Waals surface area contributed by atoms with Crippen LogP contribution in [0.5, 0.6) is 11.5 Å². The number of hydrogen-bond donors (Lipinski definition) is 4. The Morgan fingerprint density at radius 1 is 1.16 bits per heavy atom. The van der Waals surface area contributed by atoms with E-state index in [9.17, 15) is 23.4 Å². The largest absolute Gasteiger partial charge is 0.504 e. The molecule has 1 aromatic heterocycles. The fourth-order valence-corrected chi connectivity index (χ4v) is 2.44. The van der Waals surface area contributed by atoms with Crippen LogP contribution in [0, 0.1) is 0 Å². The van der Waals surface area contributed by atoms with Gasteiger partial charge >= 0.3 is 12.1 Å². The first-order chi connectivity index (χ1) is 11.7. The maximum atomic E-state index is 10.6. The van der Waals surface area contributed by atoms with Crippen molar-refractivity contribution < 1.29 is 33.3 Å². The Bertz CT molecular complexity index is 751. The van der Waals surface area contributed by atoms with Crippen LogP contribution < -0.4 is 5.32 Å². The number of nitrogens with one attached hydrogen (secondary N) is 1. The maximum absolute atomic E-state index is 10.6. The van der Waals surface area contributed by atoms with Crippen molar-refractivity contribution >= 4 is 5.97 Å². The number of aromatic hydroxyl groups is 2. The quantitative estimate of drug-likeness (QED) is 0.585. The number of pyridine rings is 1. The van der Waals surface area contributed by atoms with Gasteiger partial charge in [-0.15, -0.1) is 0 Å². The topological polar surface area (TPSA) is 103 Å². The van der Waals surface area contributed by atoms with Gasteiger partial charge in [0.1, 0.15) is 0 Å². The van der Waals surface area contributed by atoms with Gasteiger partial charge in [-0.2, -0.15) is 13.2 Å². The number of phenolic OH excluding ortho intramolecular Hbond substituents is 2. The first kappa shape index (κ1) is 18.5. The molecule has 1 atom stereocenters. The molecule has 1 aliphatic heterocycles. The van der Waals surface area contributed by atoms with E-state index < -0.39 is 12.1 Å². The molecule has 0 radical (unpaired) electrons. The maximum Gasteiger partial charge on any atom is 0.490 e. The van der Waals surface area contributed by atoms with Crippen molar-refractivity contribution in [3.8, 4) is 11.5 Å². The molecule has 0 fully saturated rings. The van der Waals surface area contributed by atoms with E-state index in [4.69, 9.17) is 9.90 Å². The molecule has 1 unspecified atom stereocenters. The van der Waals surface area contributed by atoms with Crippen molar-refractivity contribution in [3.05, 3.63) is 53.3 Å². The zero-order valence-corrected chi connectivity index (χ0v) is 12.8. The van der Waals surface area contributed by atoms with Gasteiger partial charge in [-0.05, 0) is 47.4 Å². The average Bonchev–Trinajstić information content (AvgIpc) is 2.56. The van der Waals surface area contributed by atoms with Crippen LogP contribution in [-0.2, 0) is 11.2 Å². The molecule has 25 heavy (non-hydrogen) atoms. The fourth-order valence-electron chi connectivity index (χ4n) is 2.44. The number of alkyl halides is 3. The molecule has 2 heterocycles. The summed E-state index contributed by atoms with van der Waals surface area (Å²) in [5.74, 6) is -2.88. The summed E-state index contributed by atoms with van der Waals surface area (Å²) < 4.78 is 31.7. The highest BCUT2D eigenvalue weighted by Crippen LogP contribution is 2.35. The van der Waals surface area contributed by atoms with E-state index >= 15 is 0 Å². The van der Waals surface area contributed by atoms with E-state index in [1.807, 2.05) is 12.1 Å². The summed E-state index contributed by atoms with van der Waals surface area (Å²) in [5, 5.41) is 29.7. The molecule has 2 aromatic rings. The van der Waals surface area contributed by atoms with E-state index in [0.717, 1.165) is 29.7 Å². The predicted molar refractivity (Wildman–Crippen MR) is 81.2 cm³/mol. The van der Waals surface area contributed by atoms with Gasteiger partial charge in [-0.25, -0.2) is 4.79 Å². The Balaban J connectivity index is 0.000000277. The highest BCUT2D eigenvalue weighted by atomic mass is 19.4. The van der Waals surface area contributed by atoms with Crippen molar-refractivity contribution in [1.82, 2.24) is 10.3 Å². The van der Waals surface area contributed by atoms with Crippen LogP contribution >= 0.6 is 0 Å². The summed E-state index contributed by atoms with van der Waals surface area (Å²) in [6.07, 6.45) is -0.720. The lowest BCUT2D eigenvalue weighted by Gasteiger charge is -2.27. The second kappa shape index (κ2) is 7.39. The number of aromatic nitrogens is 1. The minimum atomic E-state index is -5.08. The van der Waals surface area contributed by atoms with Gasteiger partial charge in [0.15, 0.2) is 11.5 Å². The Morgan fingerprint density at radius 3 is 2.28 bits per heavy atom. The van der Waals surface area contributed by atoms with Crippen LogP contribution in [0.3, 0.4) is 0 Å². The summed E-state index contributed by atoms with van der Waals surface area (Å²) in [5.41, 5.74) is 3.20. The van der Waals surface area contributed by atoms with Crippen LogP contribution in [0.15, 0.2) is 36.7 Å². The van der Waals surface area contributed by atoms with Gasteiger partial charge in [0, 0.05) is 18.9 Å². The second-order valence-corrected chi connectivity index (χ2v) is 5.26. The molecule has 1 aliphatic rings. The zero-order valence-electron chi connectivity index (χ0n) is 12.8. The number of fused-ring (bicyclic) bond motifs is 1. The Morgan fingerprint density at radius 2 is 1.72 bits per heavy atom. The standard InChI is InChI=1S/C14H14N2O2.C2HF3O2/c17-12-7-10-3-6-16-14(11(10)8-13(12)18)9-1-4-15-5-2-9;3-2(4,5)1(6)7/h1-2,4-5,7-8,14,16-18H,3,6H2;(H,6,7). The molecule has 0 spiro atoms. The number of rotatable bonds is 1. The summed E-state index contributed by atoms with van der Waals surface area (Å²) in [6, 6.07) is 7.25. The molecule has 0 saturated carbocycles. The van der Waals surface area contributed by atoms with Gasteiger partial charge < -0.3 is 20.6 Å². The first-order valence-corrected chi connectivity index (χ1v) is 7.18. The highest BCUT2D eigenvalue weighted by Gasteiger charge is 2.38. The van der Waals surface area contributed by atoms with E-state index in [2.05, 4.69) is 10.3 Å². The Labute approximate surface area is 140 Å². The van der Waals surface area contributed by atoms with Gasteiger partial charge in [-0.1, -0.05) is 0 Å². The molecule has 3 rings (SSSR count). The first-order valence-electron chi connectivity index (χ1n) is 7.18. The Kier molecular flexibility index (Phi) is 5.48. The Hall–Kier alpha value is -2.81. The number of carboxylic acid groups (broad SMARTS) is 1. The molecular formula is C16H15F3N2O4. The lowest BCUT2D eigenvalue weighted by Crippen LogP contribution is -2.30. The number of carbonyl (C=O) groups is 1. The number of nitrogens with zero attached hydrogens (tertiary/aromatic N) is 1. The molecule has 0 saturated heterocycles. The molecule has 134 valence electrons. The van der Waals surface area contributed by atoms with Crippen LogP contribution in [0.25, 0.3) is 0 Å². The summed E-state index contributed by atoms with van der Waals surface area (Å²) in [4.78, 5) is 12.9. The smallest absolute Gasteiger partial charge is 0.490 e. The van der Waals surface area contributed by atoms with Crippen LogP contribution in [-0.4, -0.2) is 39.0 Å². The van der Waals surface area contributed by atoms with Gasteiger partial charge in [0.25, 0.3) is 0 Å². The van der Waals surface area contributed by atoms with E-state index in [1.54, 1.807) is 24.5 Å². The molecule has 0 aliphatic carbocycles. The van der Waals surface area contributed by atoms with Crippen molar-refractivity contribution in [1.29, 1.82) is 0 Å². The highest BCUT2D eigenvalue weighted by molar-refractivity contribution is 5.73. The van der Waals surface area contributed by atoms with Crippen molar-refractivity contribution in [3.63, 3.8) is 0 Å². The lowest BCUT2D eigenvalue weighted by molar-refractivity contribution is -0.192. The van der Waals surface area contributed by atoms with E-state index in [0.29, 0.717) is 0 Å². The SMILES string of the molecule is O=C(O)C(F)(F)F.Oc1cc2c(cc1O)C(c1ccncc1)NCC2. The van der Waals surface area contributed by atoms with Gasteiger partial charge in [0.2, 0.25) is 0 Å². The third-order valence-corrected chi connectivity index (χ3v) is 3.57. The van der Waals surface area contributed by atoms with Crippen molar-refractivity contribution in [2.24, 2.45) is 0 Å². The number of halogens is 3. The number of aliphatic carboxylic acids is 1. The third-order valence-electron chi connectivity index (χ3n) is 3.57. The molecule has 1 aromatic carbocycles. The number of benzene rings is 1. The molecular weight excluding hydrogens is 341 g/mol. The van der Waals surface area contributed by atoms with Gasteiger partial charge in [-0.3, -0.25) is 4.98 Å². The molecule has 0 amide bonds. The normalized spacial score (nSPS) is 16.4. The minimum Gasteiger partial charge on any atom is -0.504 e. The molecule has 9 heteroatoms. The minimum absolute atomic E-state index is 0.0447. The summed E-state index contributed by atoms with van der Waals surface area (Å²) >= 11 is 0. The van der Waals surface area contributed by atoms with Crippen LogP contribution in [0.4, 0.5) is 13.2 Å². The molecule has 4 N–H and O–H groups in total. The molecule has 0 bridgehead atoms. The average molecular weight is 356 g/mol.